The van der Waals surface area contributed by atoms with E-state index >= 15 is 0 Å². The fourth-order valence-electron chi connectivity index (χ4n) is 6.53. The lowest BCUT2D eigenvalue weighted by Crippen LogP contribution is -2.10. The quantitative estimate of drug-likeness (QED) is 0.0714. The van der Waals surface area contributed by atoms with Crippen LogP contribution in [0.2, 0.25) is 0 Å². The number of unbranched alkanes of at least 4 members (excludes halogenated alkanes) is 3. The average molecular weight is 771 g/mol. The summed E-state index contributed by atoms with van der Waals surface area (Å²) < 4.78 is 0. The van der Waals surface area contributed by atoms with Crippen LogP contribution in [0.4, 0.5) is 34.1 Å². The first kappa shape index (κ1) is 46.8. The first-order valence-electron chi connectivity index (χ1n) is 21.7. The fraction of sp³-hybridized carbons (Fsp3) is 0.286. The van der Waals surface area contributed by atoms with Gasteiger partial charge in [0.2, 0.25) is 0 Å². The number of aryl methyl sites for hydroxylation is 1. The first-order valence-corrected chi connectivity index (χ1v) is 21.7. The van der Waals surface area contributed by atoms with E-state index in [1.807, 2.05) is 13.8 Å². The average Bonchev–Trinajstić information content (AvgIpc) is 3.30. The molecular weight excluding hydrogens is 701 g/mol. The number of allylic oxidation sites excluding steroid dienone is 1. The third kappa shape index (κ3) is 13.8. The highest BCUT2D eigenvalue weighted by molar-refractivity contribution is 5.80. The normalized spacial score (nSPS) is 10.7. The van der Waals surface area contributed by atoms with Crippen molar-refractivity contribution < 1.29 is 0 Å². The van der Waals surface area contributed by atoms with Crippen LogP contribution in [0.25, 0.3) is 11.1 Å². The maximum atomic E-state index is 4.35. The van der Waals surface area contributed by atoms with E-state index in [-0.39, 0.29) is 0 Å². The Morgan fingerprint density at radius 3 is 1.14 bits per heavy atom. The van der Waals surface area contributed by atoms with Gasteiger partial charge in [-0.05, 0) is 127 Å². The summed E-state index contributed by atoms with van der Waals surface area (Å²) in [6, 6.07) is 57.2. The minimum Gasteiger partial charge on any atom is -0.311 e. The summed E-state index contributed by atoms with van der Waals surface area (Å²) in [5.74, 6) is 0.533. The Hall–Kier alpha value is -5.60. The van der Waals surface area contributed by atoms with Crippen LogP contribution in [0, 0.1) is 5.92 Å². The number of anilines is 6. The lowest BCUT2D eigenvalue weighted by molar-refractivity contribution is 0.641. The zero-order chi connectivity index (χ0) is 42.1. The smallest absolute Gasteiger partial charge is 0.0462 e. The molecule has 6 rings (SSSR count). The van der Waals surface area contributed by atoms with E-state index in [4.69, 9.17) is 0 Å². The lowest BCUT2D eigenvalue weighted by Gasteiger charge is -2.26. The number of hydrogen-bond acceptors (Lipinski definition) is 2. The van der Waals surface area contributed by atoms with Gasteiger partial charge in [-0.2, -0.15) is 0 Å². The molecule has 1 atom stereocenters. The van der Waals surface area contributed by atoms with Crippen LogP contribution in [0.3, 0.4) is 0 Å². The van der Waals surface area contributed by atoms with Crippen LogP contribution in [-0.2, 0) is 12.8 Å². The van der Waals surface area contributed by atoms with Crippen LogP contribution < -0.4 is 9.80 Å². The van der Waals surface area contributed by atoms with Gasteiger partial charge in [-0.25, -0.2) is 0 Å². The fourth-order valence-corrected chi connectivity index (χ4v) is 6.53. The zero-order valence-corrected chi connectivity index (χ0v) is 36.8. The second-order valence-corrected chi connectivity index (χ2v) is 14.4. The number of rotatable bonds is 16. The van der Waals surface area contributed by atoms with E-state index < -0.39 is 0 Å². The molecule has 0 N–H and O–H groups in total. The molecule has 304 valence electrons. The van der Waals surface area contributed by atoms with Gasteiger partial charge in [-0.3, -0.25) is 0 Å². The highest BCUT2D eigenvalue weighted by Crippen LogP contribution is 2.38. The Balaban J connectivity index is 0.00000104. The summed E-state index contributed by atoms with van der Waals surface area (Å²) in [5, 5.41) is 0. The highest BCUT2D eigenvalue weighted by Gasteiger charge is 2.15. The van der Waals surface area contributed by atoms with Gasteiger partial charge in [-0.1, -0.05) is 171 Å². The maximum Gasteiger partial charge on any atom is 0.0462 e. The highest BCUT2D eigenvalue weighted by atomic mass is 15.1. The molecule has 0 bridgehead atoms. The minimum atomic E-state index is 0.533. The van der Waals surface area contributed by atoms with Gasteiger partial charge in [0.1, 0.15) is 0 Å². The van der Waals surface area contributed by atoms with Crippen molar-refractivity contribution in [3.63, 3.8) is 0 Å². The summed E-state index contributed by atoms with van der Waals surface area (Å²) in [5.41, 5.74) is 13.2. The summed E-state index contributed by atoms with van der Waals surface area (Å²) in [6.45, 7) is 25.5. The zero-order valence-electron chi connectivity index (χ0n) is 36.8. The predicted molar refractivity (Wildman–Crippen MR) is 260 cm³/mol. The summed E-state index contributed by atoms with van der Waals surface area (Å²) in [4.78, 5) is 4.67. The van der Waals surface area contributed by atoms with Crippen molar-refractivity contribution in [3.05, 3.63) is 194 Å². The van der Waals surface area contributed by atoms with Gasteiger partial charge in [0.05, 0.1) is 0 Å². The molecule has 1 unspecified atom stereocenters. The number of para-hydroxylation sites is 2. The van der Waals surface area contributed by atoms with Crippen LogP contribution >= 0.6 is 0 Å². The van der Waals surface area contributed by atoms with Crippen molar-refractivity contribution in [2.75, 3.05) is 9.80 Å². The van der Waals surface area contributed by atoms with Crippen molar-refractivity contribution in [2.45, 2.75) is 99.8 Å². The number of benzene rings is 6. The Bertz CT molecular complexity index is 1960. The van der Waals surface area contributed by atoms with Gasteiger partial charge in [0.25, 0.3) is 0 Å². The van der Waals surface area contributed by atoms with Gasteiger partial charge in [0.15, 0.2) is 0 Å². The molecule has 6 aromatic rings. The van der Waals surface area contributed by atoms with Crippen molar-refractivity contribution >= 4 is 34.1 Å². The largest absolute Gasteiger partial charge is 0.311 e. The predicted octanol–water partition coefficient (Wildman–Crippen LogP) is 17.8. The van der Waals surface area contributed by atoms with Gasteiger partial charge < -0.3 is 9.80 Å². The molecule has 2 nitrogen and oxygen atoms in total. The number of hydrogen-bond donors (Lipinski definition) is 0. The molecule has 0 saturated heterocycles. The van der Waals surface area contributed by atoms with E-state index in [0.717, 1.165) is 47.7 Å². The van der Waals surface area contributed by atoms with Crippen LogP contribution in [-0.4, -0.2) is 0 Å². The summed E-state index contributed by atoms with van der Waals surface area (Å²) >= 11 is 0. The van der Waals surface area contributed by atoms with Crippen molar-refractivity contribution in [3.8, 4) is 11.1 Å². The van der Waals surface area contributed by atoms with E-state index in [2.05, 4.69) is 222 Å². The molecule has 0 fully saturated rings. The third-order valence-electron chi connectivity index (χ3n) is 10.3. The molecule has 6 aromatic carbocycles. The number of nitrogens with zero attached hydrogens (tertiary/aromatic N) is 2. The topological polar surface area (TPSA) is 6.48 Å². The molecule has 0 spiro atoms. The third-order valence-corrected chi connectivity index (χ3v) is 10.3. The Kier molecular flexibility index (Phi) is 21.2. The molecule has 58 heavy (non-hydrogen) atoms. The minimum absolute atomic E-state index is 0.533. The molecule has 0 heterocycles. The first-order chi connectivity index (χ1) is 28.4. The molecule has 0 radical (unpaired) electrons. The maximum absolute atomic E-state index is 4.35. The molecule has 0 amide bonds. The Morgan fingerprint density at radius 1 is 0.448 bits per heavy atom. The van der Waals surface area contributed by atoms with Crippen LogP contribution in [0.5, 0.6) is 0 Å². The van der Waals surface area contributed by atoms with Crippen molar-refractivity contribution in [1.82, 2.24) is 0 Å². The molecule has 0 aliphatic carbocycles. The Morgan fingerprint density at radius 2 is 0.793 bits per heavy atom. The van der Waals surface area contributed by atoms with Crippen molar-refractivity contribution in [1.29, 1.82) is 0 Å². The van der Waals surface area contributed by atoms with E-state index in [9.17, 15) is 0 Å². The molecule has 0 aliphatic heterocycles. The van der Waals surface area contributed by atoms with Crippen LogP contribution in [0.1, 0.15) is 98.1 Å². The SMILES string of the molecule is C=C.C=C(Cc1ccc(N(c2ccccc2)c2ccc(-c3ccc(N(c4ccccc4)c4ccc(CCCCC)cc4)cc3)cc2)cc1)C(C)CC.CC.CCCC. The monoisotopic (exact) mass is 771 g/mol. The lowest BCUT2D eigenvalue weighted by atomic mass is 9.94. The van der Waals surface area contributed by atoms with Crippen molar-refractivity contribution in [2.24, 2.45) is 5.92 Å². The summed E-state index contributed by atoms with van der Waals surface area (Å²) in [7, 11) is 0. The van der Waals surface area contributed by atoms with E-state index in [1.165, 1.54) is 65.6 Å². The molecule has 2 heteroatoms. The Labute approximate surface area is 353 Å². The standard InChI is InChI=1S/C48H50N2.C4H10.C2H6.C2H4/c1-5-7-10-15-39-20-28-45(29-21-39)49(43-16-11-8-12-17-43)47-32-24-41(25-33-47)42-26-34-48(35-27-42)50(44-18-13-9-14-19-44)46-30-22-40(23-31-46)36-38(4)37(3)6-2;1-3-4-2;2*1-2/h8-9,11-14,16-35,37H,4-7,10,15,36H2,1-3H3;3-4H2,1-2H3;1-2H3;1-2H2. The second kappa shape index (κ2) is 26.3. The second-order valence-electron chi connectivity index (χ2n) is 14.4. The van der Waals surface area contributed by atoms with Gasteiger partial charge >= 0.3 is 0 Å². The van der Waals surface area contributed by atoms with E-state index in [1.54, 1.807) is 0 Å². The molecule has 0 aliphatic rings. The molecular formula is C56H70N2. The van der Waals surface area contributed by atoms with Gasteiger partial charge in [-0.15, -0.1) is 13.2 Å². The molecule has 0 saturated carbocycles. The molecule has 0 aromatic heterocycles. The van der Waals surface area contributed by atoms with E-state index in [0.29, 0.717) is 5.92 Å². The summed E-state index contributed by atoms with van der Waals surface area (Å²) in [6.07, 6.45) is 9.59. The van der Waals surface area contributed by atoms with Gasteiger partial charge in [0, 0.05) is 34.1 Å². The van der Waals surface area contributed by atoms with Crippen LogP contribution in [0.15, 0.2) is 183 Å².